The summed E-state index contributed by atoms with van der Waals surface area (Å²) in [5.41, 5.74) is 2.22. The average Bonchev–Trinajstić information content (AvgIpc) is 3.55. The minimum Gasteiger partial charge on any atom is -0.350 e. The molecule has 1 unspecified atom stereocenters. The predicted octanol–water partition coefficient (Wildman–Crippen LogP) is 4.20. The summed E-state index contributed by atoms with van der Waals surface area (Å²) in [4.78, 5) is 34.8. The number of nitrogens with zero attached hydrogens (tertiary/aromatic N) is 4. The van der Waals surface area contributed by atoms with Gasteiger partial charge in [0.1, 0.15) is 5.69 Å². The third-order valence-electron chi connectivity index (χ3n) is 6.28. The highest BCUT2D eigenvalue weighted by Crippen LogP contribution is 2.50. The van der Waals surface area contributed by atoms with Crippen molar-refractivity contribution in [3.05, 3.63) is 107 Å². The topological polar surface area (TPSA) is 79.5 Å². The lowest BCUT2D eigenvalue weighted by Crippen LogP contribution is -2.51. The van der Waals surface area contributed by atoms with Crippen molar-refractivity contribution in [2.45, 2.75) is 5.66 Å². The van der Waals surface area contributed by atoms with Gasteiger partial charge in [-0.05, 0) is 18.2 Å². The molecule has 0 aliphatic carbocycles. The highest BCUT2D eigenvalue weighted by atomic mass is 35.5. The van der Waals surface area contributed by atoms with Gasteiger partial charge in [-0.25, -0.2) is 0 Å². The smallest absolute Gasteiger partial charge is 0.294 e. The number of hydrogen-bond acceptors (Lipinski definition) is 5. The van der Waals surface area contributed by atoms with Gasteiger partial charge in [0.25, 0.3) is 11.8 Å². The zero-order valence-electron chi connectivity index (χ0n) is 17.3. The Bertz CT molecular complexity index is 1390. The van der Waals surface area contributed by atoms with E-state index in [9.17, 15) is 9.59 Å². The van der Waals surface area contributed by atoms with E-state index in [1.165, 1.54) is 0 Å². The van der Waals surface area contributed by atoms with Gasteiger partial charge in [0.15, 0.2) is 5.66 Å². The second-order valence-corrected chi connectivity index (χ2v) is 8.39. The maximum absolute atomic E-state index is 13.8. The monoisotopic (exact) mass is 456 g/mol. The first-order chi connectivity index (χ1) is 16.1. The van der Waals surface area contributed by atoms with Gasteiger partial charge in [-0.15, -0.1) is 0 Å². The summed E-state index contributed by atoms with van der Waals surface area (Å²) < 4.78 is 5.48. The maximum Gasteiger partial charge on any atom is 0.294 e. The summed E-state index contributed by atoms with van der Waals surface area (Å²) in [6, 6.07) is 20.0. The minimum absolute atomic E-state index is 0.105. The lowest BCUT2D eigenvalue weighted by atomic mass is 9.91. The Morgan fingerprint density at radius 1 is 1.03 bits per heavy atom. The molecule has 2 amide bonds. The molecule has 0 spiro atoms. The Labute approximate surface area is 194 Å². The predicted molar refractivity (Wildman–Crippen MR) is 120 cm³/mol. The molecule has 7 nitrogen and oxygen atoms in total. The molecule has 1 fully saturated rings. The molecule has 4 heterocycles. The van der Waals surface area contributed by atoms with E-state index in [-0.39, 0.29) is 17.6 Å². The van der Waals surface area contributed by atoms with Crippen molar-refractivity contribution in [3.8, 4) is 11.3 Å². The van der Waals surface area contributed by atoms with Crippen LogP contribution in [0.25, 0.3) is 11.3 Å². The van der Waals surface area contributed by atoms with Crippen LogP contribution in [0.2, 0.25) is 5.02 Å². The van der Waals surface area contributed by atoms with Crippen LogP contribution in [0.1, 0.15) is 32.0 Å². The number of pyridine rings is 1. The lowest BCUT2D eigenvalue weighted by molar-refractivity contribution is 0.0349. The molecule has 1 saturated heterocycles. The number of carbonyl (C=O) groups excluding carboxylic acids is 2. The highest BCUT2D eigenvalue weighted by Gasteiger charge is 2.60. The largest absolute Gasteiger partial charge is 0.350 e. The van der Waals surface area contributed by atoms with Crippen LogP contribution in [0.4, 0.5) is 0 Å². The summed E-state index contributed by atoms with van der Waals surface area (Å²) >= 11 is 6.15. The molecular formula is C25H17ClN4O3. The van der Waals surface area contributed by atoms with Crippen molar-refractivity contribution in [1.82, 2.24) is 19.9 Å². The van der Waals surface area contributed by atoms with Gasteiger partial charge in [-0.3, -0.25) is 14.6 Å². The summed E-state index contributed by atoms with van der Waals surface area (Å²) in [6.45, 7) is 0.713. The van der Waals surface area contributed by atoms with Crippen LogP contribution >= 0.6 is 11.6 Å². The Kier molecular flexibility index (Phi) is 4.35. The Balaban J connectivity index is 1.50. The van der Waals surface area contributed by atoms with E-state index in [1.54, 1.807) is 46.5 Å². The van der Waals surface area contributed by atoms with Crippen LogP contribution in [0.5, 0.6) is 0 Å². The summed E-state index contributed by atoms with van der Waals surface area (Å²) in [7, 11) is 0. The average molecular weight is 457 g/mol. The Morgan fingerprint density at radius 3 is 2.61 bits per heavy atom. The summed E-state index contributed by atoms with van der Waals surface area (Å²) in [5, 5.41) is 4.66. The van der Waals surface area contributed by atoms with E-state index in [1.807, 2.05) is 42.5 Å². The van der Waals surface area contributed by atoms with Crippen molar-refractivity contribution in [2.75, 3.05) is 13.1 Å². The second kappa shape index (κ2) is 7.28. The number of halogens is 1. The van der Waals surface area contributed by atoms with E-state index < -0.39 is 5.66 Å². The second-order valence-electron chi connectivity index (χ2n) is 7.96. The highest BCUT2D eigenvalue weighted by molar-refractivity contribution is 6.30. The minimum atomic E-state index is -1.14. The van der Waals surface area contributed by atoms with Crippen molar-refractivity contribution in [3.63, 3.8) is 0 Å². The van der Waals surface area contributed by atoms with Gasteiger partial charge in [-0.2, -0.15) is 0 Å². The van der Waals surface area contributed by atoms with E-state index in [0.717, 1.165) is 11.1 Å². The van der Waals surface area contributed by atoms with Crippen molar-refractivity contribution in [2.24, 2.45) is 0 Å². The number of rotatable bonds is 3. The Morgan fingerprint density at radius 2 is 1.82 bits per heavy atom. The first-order valence-electron chi connectivity index (χ1n) is 10.5. The normalized spacial score (nSPS) is 19.0. The third-order valence-corrected chi connectivity index (χ3v) is 6.54. The number of fused-ring (bicyclic) bond motifs is 3. The van der Waals surface area contributed by atoms with Crippen LogP contribution in [0, 0.1) is 0 Å². The van der Waals surface area contributed by atoms with Gasteiger partial charge in [0.2, 0.25) is 5.76 Å². The molecule has 2 aromatic carbocycles. The third kappa shape index (κ3) is 2.75. The molecule has 2 aromatic heterocycles. The van der Waals surface area contributed by atoms with E-state index >= 15 is 0 Å². The summed E-state index contributed by atoms with van der Waals surface area (Å²) in [6.07, 6.45) is 3.24. The van der Waals surface area contributed by atoms with E-state index in [4.69, 9.17) is 16.1 Å². The fourth-order valence-electron chi connectivity index (χ4n) is 4.86. The summed E-state index contributed by atoms with van der Waals surface area (Å²) in [5.74, 6) is -0.388. The molecule has 6 rings (SSSR count). The molecule has 0 N–H and O–H groups in total. The molecule has 0 saturated carbocycles. The molecular weight excluding hydrogens is 440 g/mol. The molecule has 1 atom stereocenters. The molecule has 33 heavy (non-hydrogen) atoms. The maximum atomic E-state index is 13.8. The molecule has 2 aliphatic heterocycles. The fraction of sp³-hybridized carbons (Fsp3) is 0.120. The van der Waals surface area contributed by atoms with Gasteiger partial charge in [0, 0.05) is 53.3 Å². The van der Waals surface area contributed by atoms with Crippen LogP contribution in [0.3, 0.4) is 0 Å². The van der Waals surface area contributed by atoms with Gasteiger partial charge < -0.3 is 14.3 Å². The van der Waals surface area contributed by atoms with Gasteiger partial charge in [-0.1, -0.05) is 59.2 Å². The Hall–Kier alpha value is -3.97. The fourth-order valence-corrected chi connectivity index (χ4v) is 4.99. The van der Waals surface area contributed by atoms with E-state index in [2.05, 4.69) is 10.1 Å². The first kappa shape index (κ1) is 19.7. The van der Waals surface area contributed by atoms with E-state index in [0.29, 0.717) is 34.9 Å². The zero-order valence-corrected chi connectivity index (χ0v) is 18.1. The van der Waals surface area contributed by atoms with Crippen molar-refractivity contribution in [1.29, 1.82) is 0 Å². The first-order valence-corrected chi connectivity index (χ1v) is 10.8. The number of hydrogen-bond donors (Lipinski definition) is 0. The molecule has 162 valence electrons. The number of amides is 2. The molecule has 0 bridgehead atoms. The van der Waals surface area contributed by atoms with Crippen LogP contribution in [-0.2, 0) is 5.66 Å². The molecule has 2 aliphatic rings. The zero-order chi connectivity index (χ0) is 22.6. The SMILES string of the molecule is O=C(c1cc(-c2ccccc2)no1)N1CCN2C(=O)c3ccncc3C12c1ccc(Cl)cc1. The molecule has 4 aromatic rings. The van der Waals surface area contributed by atoms with Gasteiger partial charge in [0.05, 0.1) is 5.56 Å². The van der Waals surface area contributed by atoms with Crippen LogP contribution in [0.15, 0.2) is 83.6 Å². The van der Waals surface area contributed by atoms with Gasteiger partial charge >= 0.3 is 0 Å². The number of aromatic nitrogens is 2. The van der Waals surface area contributed by atoms with Crippen LogP contribution in [-0.4, -0.2) is 44.8 Å². The number of benzene rings is 2. The van der Waals surface area contributed by atoms with Crippen molar-refractivity contribution >= 4 is 23.4 Å². The molecule has 0 radical (unpaired) electrons. The lowest BCUT2D eigenvalue weighted by Gasteiger charge is -2.39. The van der Waals surface area contributed by atoms with Crippen molar-refractivity contribution < 1.29 is 14.1 Å². The molecule has 8 heteroatoms. The number of carbonyl (C=O) groups is 2. The standard InChI is InChI=1S/C25H17ClN4O3/c26-18-8-6-17(7-9-18)25-20-15-27-11-10-19(20)23(31)29(25)12-13-30(25)24(32)22-14-21(28-33-22)16-4-2-1-3-5-16/h1-11,14-15H,12-13H2. The van der Waals surface area contributed by atoms with Crippen LogP contribution < -0.4 is 0 Å². The quantitative estimate of drug-likeness (QED) is 0.461.